The van der Waals surface area contributed by atoms with Gasteiger partial charge in [0.1, 0.15) is 5.75 Å². The van der Waals surface area contributed by atoms with Gasteiger partial charge in [-0.1, -0.05) is 48.1 Å². The average molecular weight is 647 g/mol. The highest BCUT2D eigenvalue weighted by atomic mass is 16.4. The molecular formula is C37H30N2O9. The molecule has 1 saturated carbocycles. The molecule has 4 amide bonds. The van der Waals surface area contributed by atoms with Crippen LogP contribution in [0.1, 0.15) is 50.6 Å². The van der Waals surface area contributed by atoms with Crippen LogP contribution in [0.15, 0.2) is 91.0 Å². The number of allylic oxidation sites excluding steroid dienone is 3. The largest absolute Gasteiger partial charge is 0.507 e. The van der Waals surface area contributed by atoms with Gasteiger partial charge in [-0.15, -0.1) is 6.58 Å². The monoisotopic (exact) mass is 646 g/mol. The number of amides is 4. The number of carbonyl (C=O) groups is 6. The molecule has 4 aliphatic rings. The molecule has 48 heavy (non-hydrogen) atoms. The lowest BCUT2D eigenvalue weighted by molar-refractivity contribution is -0.126. The molecule has 242 valence electrons. The topological polar surface area (TPSA) is 170 Å². The molecule has 0 radical (unpaired) electrons. The Balaban J connectivity index is 1.35. The van der Waals surface area contributed by atoms with E-state index in [2.05, 4.69) is 6.58 Å². The van der Waals surface area contributed by atoms with Crippen molar-refractivity contribution in [3.63, 3.8) is 0 Å². The van der Waals surface area contributed by atoms with Crippen molar-refractivity contribution in [3.8, 4) is 5.75 Å². The molecule has 3 N–H and O–H groups in total. The van der Waals surface area contributed by atoms with Crippen molar-refractivity contribution < 1.29 is 44.1 Å². The molecule has 2 aliphatic heterocycles. The van der Waals surface area contributed by atoms with Gasteiger partial charge in [-0.3, -0.25) is 29.0 Å². The van der Waals surface area contributed by atoms with Gasteiger partial charge < -0.3 is 15.3 Å². The zero-order valence-corrected chi connectivity index (χ0v) is 25.5. The Morgan fingerprint density at radius 3 is 1.90 bits per heavy atom. The predicted octanol–water partition coefficient (Wildman–Crippen LogP) is 4.56. The molecule has 11 heteroatoms. The summed E-state index contributed by atoms with van der Waals surface area (Å²) < 4.78 is 0. The van der Waals surface area contributed by atoms with E-state index >= 15 is 0 Å². The van der Waals surface area contributed by atoms with E-state index in [-0.39, 0.29) is 41.1 Å². The second-order valence-corrected chi connectivity index (χ2v) is 12.6. The number of phenols is 1. The molecular weight excluding hydrogens is 616 g/mol. The number of carboxylic acid groups (broad SMARTS) is 2. The summed E-state index contributed by atoms with van der Waals surface area (Å²) in [5.74, 6) is -9.62. The highest BCUT2D eigenvalue weighted by molar-refractivity contribution is 6.24. The smallest absolute Gasteiger partial charge is 0.335 e. The maximum absolute atomic E-state index is 14.3. The SMILES string of the molecule is C=CCc1cccc([C@H]2C3=CC[C@@H]4C(=O)N(c5cccc(C(=O)O)c5)C(=O)[C@@H]4[C@@H]3C[C@H]3C(=O)N(c4cccc(C(=O)O)c4)C(=O)[C@@H]23)c1O. The first-order valence-corrected chi connectivity index (χ1v) is 15.6. The lowest BCUT2D eigenvalue weighted by atomic mass is 9.57. The number of fused-ring (bicyclic) bond motifs is 4. The van der Waals surface area contributed by atoms with Crippen LogP contribution < -0.4 is 9.80 Å². The minimum Gasteiger partial charge on any atom is -0.507 e. The van der Waals surface area contributed by atoms with Gasteiger partial charge in [-0.05, 0) is 67.1 Å². The first-order chi connectivity index (χ1) is 23.0. The summed E-state index contributed by atoms with van der Waals surface area (Å²) in [6, 6.07) is 16.3. The normalized spacial score (nSPS) is 26.1. The summed E-state index contributed by atoms with van der Waals surface area (Å²) in [6.07, 6.45) is 4.06. The Kier molecular flexibility index (Phi) is 7.34. The third-order valence-electron chi connectivity index (χ3n) is 10.2. The number of imide groups is 2. The van der Waals surface area contributed by atoms with E-state index in [0.717, 1.165) is 9.80 Å². The molecule has 7 rings (SSSR count). The van der Waals surface area contributed by atoms with Crippen LogP contribution in [0, 0.1) is 29.6 Å². The molecule has 2 aliphatic carbocycles. The van der Waals surface area contributed by atoms with E-state index in [1.807, 2.05) is 6.08 Å². The van der Waals surface area contributed by atoms with Crippen LogP contribution in [-0.4, -0.2) is 50.9 Å². The molecule has 2 saturated heterocycles. The van der Waals surface area contributed by atoms with Gasteiger partial charge in [0.2, 0.25) is 23.6 Å². The first kappa shape index (κ1) is 30.8. The molecule has 2 heterocycles. The Labute approximate surface area is 274 Å². The number of phenolic OH excluding ortho intramolecular Hbond substituents is 1. The number of para-hydroxylation sites is 1. The van der Waals surface area contributed by atoms with Crippen molar-refractivity contribution in [3.05, 3.63) is 113 Å². The molecule has 0 aromatic heterocycles. The number of benzene rings is 3. The van der Waals surface area contributed by atoms with Crippen LogP contribution >= 0.6 is 0 Å². The highest BCUT2D eigenvalue weighted by Gasteiger charge is 2.62. The summed E-state index contributed by atoms with van der Waals surface area (Å²) in [5, 5.41) is 30.6. The van der Waals surface area contributed by atoms with Crippen LogP contribution in [0.4, 0.5) is 11.4 Å². The molecule has 0 unspecified atom stereocenters. The molecule has 11 nitrogen and oxygen atoms in total. The van der Waals surface area contributed by atoms with Crippen molar-refractivity contribution in [1.82, 2.24) is 0 Å². The first-order valence-electron chi connectivity index (χ1n) is 15.6. The van der Waals surface area contributed by atoms with Crippen molar-refractivity contribution in [2.75, 3.05) is 9.80 Å². The quantitative estimate of drug-likeness (QED) is 0.246. The fourth-order valence-electron chi connectivity index (χ4n) is 8.18. The number of nitrogens with zero attached hydrogens (tertiary/aromatic N) is 2. The second-order valence-electron chi connectivity index (χ2n) is 12.6. The van der Waals surface area contributed by atoms with Crippen LogP contribution in [0.2, 0.25) is 0 Å². The van der Waals surface area contributed by atoms with Gasteiger partial charge in [0.05, 0.1) is 46.2 Å². The number of rotatable bonds is 7. The van der Waals surface area contributed by atoms with E-state index in [1.54, 1.807) is 24.3 Å². The fourth-order valence-corrected chi connectivity index (χ4v) is 8.18. The fraction of sp³-hybridized carbons (Fsp3) is 0.243. The Morgan fingerprint density at radius 2 is 1.31 bits per heavy atom. The average Bonchev–Trinajstić information content (AvgIpc) is 3.48. The van der Waals surface area contributed by atoms with Crippen molar-refractivity contribution >= 4 is 46.9 Å². The Bertz CT molecular complexity index is 2000. The molecule has 3 fully saturated rings. The van der Waals surface area contributed by atoms with Crippen molar-refractivity contribution in [2.45, 2.75) is 25.2 Å². The van der Waals surface area contributed by atoms with Gasteiger partial charge in [0.15, 0.2) is 0 Å². The van der Waals surface area contributed by atoms with Crippen molar-refractivity contribution in [1.29, 1.82) is 0 Å². The van der Waals surface area contributed by atoms with Crippen molar-refractivity contribution in [2.24, 2.45) is 29.6 Å². The minimum absolute atomic E-state index is 0.0580. The number of hydrogen-bond donors (Lipinski definition) is 3. The van der Waals surface area contributed by atoms with Gasteiger partial charge in [-0.25, -0.2) is 9.59 Å². The lowest BCUT2D eigenvalue weighted by Gasteiger charge is -2.44. The number of anilines is 2. The highest BCUT2D eigenvalue weighted by Crippen LogP contribution is 2.59. The van der Waals surface area contributed by atoms with E-state index in [9.17, 15) is 44.1 Å². The van der Waals surface area contributed by atoms with E-state index in [1.165, 1.54) is 48.5 Å². The van der Waals surface area contributed by atoms with Crippen LogP contribution in [0.25, 0.3) is 0 Å². The zero-order valence-electron chi connectivity index (χ0n) is 25.5. The number of hydrogen-bond acceptors (Lipinski definition) is 7. The maximum atomic E-state index is 14.3. The molecule has 3 aromatic carbocycles. The molecule has 0 spiro atoms. The number of carboxylic acids is 2. The number of aromatic hydroxyl groups is 1. The predicted molar refractivity (Wildman–Crippen MR) is 171 cm³/mol. The summed E-state index contributed by atoms with van der Waals surface area (Å²) in [7, 11) is 0. The third kappa shape index (κ3) is 4.56. The number of carbonyl (C=O) groups excluding carboxylic acids is 4. The Hall–Kier alpha value is -5.84. The van der Waals surface area contributed by atoms with E-state index in [4.69, 9.17) is 0 Å². The van der Waals surface area contributed by atoms with Gasteiger partial charge in [0, 0.05) is 11.5 Å². The summed E-state index contributed by atoms with van der Waals surface area (Å²) in [4.78, 5) is 82.0. The van der Waals surface area contributed by atoms with Gasteiger partial charge in [0.25, 0.3) is 0 Å². The standard InChI is InChI=1S/C37H30N2O9/c1-2-6-18-7-5-12-24(31(18)40)28-23-13-14-25-29(34(43)38(32(25)41)21-10-3-8-19(15-21)36(45)46)26(23)17-27-30(28)35(44)39(33(27)42)22-11-4-9-20(16-22)37(47)48/h2-5,7-13,15-16,25-30,40H,1,6,14,17H2,(H,45,46)(H,47,48)/t25-,26+,27+,28+,29-,30+/m0/s1. The summed E-state index contributed by atoms with van der Waals surface area (Å²) >= 11 is 0. The lowest BCUT2D eigenvalue weighted by Crippen LogP contribution is -2.43. The summed E-state index contributed by atoms with van der Waals surface area (Å²) in [6.45, 7) is 3.77. The summed E-state index contributed by atoms with van der Waals surface area (Å²) in [5.41, 5.74) is 1.70. The van der Waals surface area contributed by atoms with E-state index < -0.39 is 71.1 Å². The molecule has 0 bridgehead atoms. The minimum atomic E-state index is -1.22. The van der Waals surface area contributed by atoms with Gasteiger partial charge in [-0.2, -0.15) is 0 Å². The van der Waals surface area contributed by atoms with E-state index in [0.29, 0.717) is 23.1 Å². The Morgan fingerprint density at radius 1 is 0.750 bits per heavy atom. The van der Waals surface area contributed by atoms with Crippen LogP contribution in [0.3, 0.4) is 0 Å². The molecule has 3 aromatic rings. The van der Waals surface area contributed by atoms with Gasteiger partial charge >= 0.3 is 11.9 Å². The van der Waals surface area contributed by atoms with Crippen LogP contribution in [-0.2, 0) is 25.6 Å². The number of aromatic carboxylic acids is 2. The van der Waals surface area contributed by atoms with Crippen LogP contribution in [0.5, 0.6) is 5.75 Å². The maximum Gasteiger partial charge on any atom is 0.335 e. The second kappa shape index (κ2) is 11.4. The molecule has 6 atom stereocenters. The zero-order chi connectivity index (χ0) is 34.0. The third-order valence-corrected chi connectivity index (χ3v) is 10.2.